The van der Waals surface area contributed by atoms with E-state index in [1.807, 2.05) is 55.5 Å². The molecular formula is C22H24N6O. The Kier molecular flexibility index (Phi) is 4.32. The predicted octanol–water partition coefficient (Wildman–Crippen LogP) is 3.08. The minimum Gasteiger partial charge on any atom is -0.348 e. The van der Waals surface area contributed by atoms with Crippen molar-refractivity contribution in [2.24, 2.45) is 0 Å². The fraction of sp³-hybridized carbons (Fsp3) is 0.318. The number of hydrogen-bond donors (Lipinski definition) is 2. The van der Waals surface area contributed by atoms with Crippen molar-refractivity contribution in [2.75, 3.05) is 13.6 Å². The molecular weight excluding hydrogens is 364 g/mol. The monoisotopic (exact) mass is 388 g/mol. The second-order valence-electron chi connectivity index (χ2n) is 7.86. The molecule has 0 saturated carbocycles. The number of aromatic nitrogens is 4. The molecule has 1 aliphatic rings. The van der Waals surface area contributed by atoms with E-state index in [0.717, 1.165) is 47.5 Å². The Morgan fingerprint density at radius 2 is 2.07 bits per heavy atom. The third-order valence-corrected chi connectivity index (χ3v) is 5.84. The molecule has 0 spiro atoms. The number of para-hydroxylation sites is 2. The number of nitrogens with zero attached hydrogens (tertiary/aromatic N) is 4. The Morgan fingerprint density at radius 3 is 2.90 bits per heavy atom. The minimum atomic E-state index is -0.119. The number of fused-ring (bicyclic) bond motifs is 2. The molecule has 0 aliphatic carbocycles. The summed E-state index contributed by atoms with van der Waals surface area (Å²) in [4.78, 5) is 23.4. The zero-order valence-electron chi connectivity index (χ0n) is 16.6. The summed E-state index contributed by atoms with van der Waals surface area (Å²) in [6.07, 6.45) is 1.72. The number of piperidine rings is 1. The highest BCUT2D eigenvalue weighted by Crippen LogP contribution is 2.29. The van der Waals surface area contributed by atoms with Gasteiger partial charge in [-0.05, 0) is 57.1 Å². The maximum absolute atomic E-state index is 12.8. The average Bonchev–Trinajstić information content (AvgIpc) is 3.34. The molecule has 7 heteroatoms. The van der Waals surface area contributed by atoms with Crippen molar-refractivity contribution >= 4 is 22.5 Å². The Morgan fingerprint density at radius 1 is 1.21 bits per heavy atom. The first-order valence-corrected chi connectivity index (χ1v) is 9.99. The Bertz CT molecular complexity index is 1160. The van der Waals surface area contributed by atoms with Crippen LogP contribution in [-0.4, -0.2) is 50.0 Å². The summed E-state index contributed by atoms with van der Waals surface area (Å²) in [5.41, 5.74) is 4.41. The molecule has 3 aromatic heterocycles. The summed E-state index contributed by atoms with van der Waals surface area (Å²) in [7, 11) is 2.11. The van der Waals surface area contributed by atoms with Gasteiger partial charge in [0.25, 0.3) is 5.91 Å². The molecule has 7 nitrogen and oxygen atoms in total. The standard InChI is InChI=1S/C22H24N6O/c1-14-6-5-7-16-13-19(26-28(14)16)22(29)23-15-10-11-27(2)20(12-15)21-24-17-8-3-4-9-18(17)25-21/h3-9,13,15,20H,10-12H2,1-2H3,(H,23,29)(H,24,25)/t15-,20-/m1/s1. The predicted molar refractivity (Wildman–Crippen MR) is 112 cm³/mol. The van der Waals surface area contributed by atoms with Crippen molar-refractivity contribution in [3.63, 3.8) is 0 Å². The van der Waals surface area contributed by atoms with Gasteiger partial charge < -0.3 is 10.3 Å². The van der Waals surface area contributed by atoms with Crippen LogP contribution in [0, 0.1) is 6.92 Å². The van der Waals surface area contributed by atoms with E-state index in [-0.39, 0.29) is 18.0 Å². The third-order valence-electron chi connectivity index (χ3n) is 5.84. The summed E-state index contributed by atoms with van der Waals surface area (Å²) < 4.78 is 1.81. The molecule has 4 aromatic rings. The minimum absolute atomic E-state index is 0.0859. The van der Waals surface area contributed by atoms with Gasteiger partial charge in [-0.1, -0.05) is 18.2 Å². The van der Waals surface area contributed by atoms with Gasteiger partial charge in [-0.2, -0.15) is 5.10 Å². The van der Waals surface area contributed by atoms with Gasteiger partial charge in [0.05, 0.1) is 22.6 Å². The second kappa shape index (κ2) is 7.00. The molecule has 4 heterocycles. The van der Waals surface area contributed by atoms with E-state index in [2.05, 4.69) is 27.3 Å². The lowest BCUT2D eigenvalue weighted by molar-refractivity contribution is 0.0879. The Hall–Kier alpha value is -3.19. The van der Waals surface area contributed by atoms with E-state index in [9.17, 15) is 4.79 Å². The number of rotatable bonds is 3. The largest absolute Gasteiger partial charge is 0.348 e. The maximum Gasteiger partial charge on any atom is 0.272 e. The first-order valence-electron chi connectivity index (χ1n) is 9.99. The molecule has 1 aromatic carbocycles. The first kappa shape index (κ1) is 17.9. The molecule has 0 bridgehead atoms. The molecule has 1 aliphatic heterocycles. The fourth-order valence-electron chi connectivity index (χ4n) is 4.19. The fourth-order valence-corrected chi connectivity index (χ4v) is 4.19. The van der Waals surface area contributed by atoms with Gasteiger partial charge in [0.15, 0.2) is 5.69 Å². The summed E-state index contributed by atoms with van der Waals surface area (Å²) in [6.45, 7) is 2.88. The van der Waals surface area contributed by atoms with Crippen LogP contribution in [0.2, 0.25) is 0 Å². The number of nitrogens with one attached hydrogen (secondary N) is 2. The SMILES string of the molecule is Cc1cccc2cc(C(=O)N[C@@H]3CCN(C)[C@@H](c4nc5ccccc5[nH]4)C3)nn12. The van der Waals surface area contributed by atoms with Crippen molar-refractivity contribution in [2.45, 2.75) is 31.8 Å². The van der Waals surface area contributed by atoms with E-state index in [1.165, 1.54) is 0 Å². The van der Waals surface area contributed by atoms with Crippen LogP contribution in [0.5, 0.6) is 0 Å². The Balaban J connectivity index is 1.34. The average molecular weight is 388 g/mol. The molecule has 29 heavy (non-hydrogen) atoms. The zero-order valence-corrected chi connectivity index (χ0v) is 16.6. The van der Waals surface area contributed by atoms with E-state index < -0.39 is 0 Å². The molecule has 2 N–H and O–H groups in total. The molecule has 5 rings (SSSR count). The van der Waals surface area contributed by atoms with Crippen LogP contribution in [0.25, 0.3) is 16.6 Å². The topological polar surface area (TPSA) is 78.3 Å². The maximum atomic E-state index is 12.8. The number of carbonyl (C=O) groups is 1. The summed E-state index contributed by atoms with van der Waals surface area (Å²) in [5.74, 6) is 0.835. The van der Waals surface area contributed by atoms with Crippen molar-refractivity contribution in [3.05, 3.63) is 65.7 Å². The van der Waals surface area contributed by atoms with E-state index in [4.69, 9.17) is 4.98 Å². The van der Waals surface area contributed by atoms with Crippen molar-refractivity contribution in [1.82, 2.24) is 29.8 Å². The lowest BCUT2D eigenvalue weighted by atomic mass is 9.97. The lowest BCUT2D eigenvalue weighted by Gasteiger charge is -2.36. The number of carbonyl (C=O) groups excluding carboxylic acids is 1. The van der Waals surface area contributed by atoms with Gasteiger partial charge in [-0.15, -0.1) is 0 Å². The molecule has 1 saturated heterocycles. The van der Waals surface area contributed by atoms with Crippen molar-refractivity contribution in [3.8, 4) is 0 Å². The Labute approximate surface area is 168 Å². The van der Waals surface area contributed by atoms with Crippen LogP contribution in [0.3, 0.4) is 0 Å². The van der Waals surface area contributed by atoms with Crippen LogP contribution in [0.4, 0.5) is 0 Å². The highest BCUT2D eigenvalue weighted by molar-refractivity contribution is 5.93. The zero-order chi connectivity index (χ0) is 20.0. The van der Waals surface area contributed by atoms with Crippen LogP contribution in [-0.2, 0) is 0 Å². The molecule has 1 fully saturated rings. The van der Waals surface area contributed by atoms with Gasteiger partial charge >= 0.3 is 0 Å². The van der Waals surface area contributed by atoms with Gasteiger partial charge in [-0.3, -0.25) is 9.69 Å². The molecule has 148 valence electrons. The van der Waals surface area contributed by atoms with Crippen molar-refractivity contribution in [1.29, 1.82) is 0 Å². The number of benzene rings is 1. The second-order valence-corrected chi connectivity index (χ2v) is 7.86. The highest BCUT2D eigenvalue weighted by atomic mass is 16.2. The highest BCUT2D eigenvalue weighted by Gasteiger charge is 2.30. The molecule has 0 radical (unpaired) electrons. The van der Waals surface area contributed by atoms with Crippen LogP contribution >= 0.6 is 0 Å². The summed E-state index contributed by atoms with van der Waals surface area (Å²) in [5, 5.41) is 7.66. The molecule has 1 amide bonds. The quantitative estimate of drug-likeness (QED) is 0.565. The molecule has 2 atom stereocenters. The van der Waals surface area contributed by atoms with Gasteiger partial charge in [-0.25, -0.2) is 9.50 Å². The number of pyridine rings is 1. The van der Waals surface area contributed by atoms with E-state index in [1.54, 1.807) is 4.52 Å². The number of imidazole rings is 1. The normalized spacial score (nSPS) is 20.3. The third kappa shape index (κ3) is 3.27. The summed E-state index contributed by atoms with van der Waals surface area (Å²) >= 11 is 0. The molecule has 0 unspecified atom stereocenters. The van der Waals surface area contributed by atoms with Gasteiger partial charge in [0.2, 0.25) is 0 Å². The number of amides is 1. The number of likely N-dealkylation sites (tertiary alicyclic amines) is 1. The number of aromatic amines is 1. The van der Waals surface area contributed by atoms with Crippen LogP contribution in [0.15, 0.2) is 48.5 Å². The van der Waals surface area contributed by atoms with Crippen LogP contribution in [0.1, 0.15) is 40.9 Å². The lowest BCUT2D eigenvalue weighted by Crippen LogP contribution is -2.45. The number of H-pyrrole nitrogens is 1. The van der Waals surface area contributed by atoms with Crippen molar-refractivity contribution < 1.29 is 4.79 Å². The van der Waals surface area contributed by atoms with Crippen LogP contribution < -0.4 is 5.32 Å². The smallest absolute Gasteiger partial charge is 0.272 e. The van der Waals surface area contributed by atoms with E-state index >= 15 is 0 Å². The summed E-state index contributed by atoms with van der Waals surface area (Å²) in [6, 6.07) is 16.1. The first-order chi connectivity index (χ1) is 14.1. The van der Waals surface area contributed by atoms with Gasteiger partial charge in [0.1, 0.15) is 5.82 Å². The van der Waals surface area contributed by atoms with Gasteiger partial charge in [0, 0.05) is 18.3 Å². The number of aryl methyl sites for hydroxylation is 1. The van der Waals surface area contributed by atoms with E-state index in [0.29, 0.717) is 5.69 Å². The number of hydrogen-bond acceptors (Lipinski definition) is 4.